The van der Waals surface area contributed by atoms with Crippen LogP contribution in [0.5, 0.6) is 0 Å². The Morgan fingerprint density at radius 2 is 1.19 bits per heavy atom. The van der Waals surface area contributed by atoms with Crippen LogP contribution in [0.1, 0.15) is 87.5 Å². The Morgan fingerprint density at radius 1 is 0.759 bits per heavy atom. The Balaban J connectivity index is 0.000000173. The number of carbonyl (C=O) groups is 4. The third-order valence-corrected chi connectivity index (χ3v) is 15.7. The lowest BCUT2D eigenvalue weighted by Crippen LogP contribution is -2.37. The second kappa shape index (κ2) is 23.3. The van der Waals surface area contributed by atoms with E-state index in [0.717, 1.165) is 9.09 Å². The van der Waals surface area contributed by atoms with E-state index in [1.807, 2.05) is 0 Å². The first-order valence-electron chi connectivity index (χ1n) is 24.3. The molecule has 0 unspecified atom stereocenters. The van der Waals surface area contributed by atoms with Crippen molar-refractivity contribution in [3.63, 3.8) is 0 Å². The van der Waals surface area contributed by atoms with Crippen molar-refractivity contribution in [2.45, 2.75) is 73.8 Å². The highest BCUT2D eigenvalue weighted by Gasteiger charge is 2.59. The molecule has 6 aromatic rings. The predicted molar refractivity (Wildman–Crippen MR) is 296 cm³/mol. The van der Waals surface area contributed by atoms with Gasteiger partial charge in [0.1, 0.15) is 40.5 Å². The standard InChI is InChI=1S/C26H26ClF2N7O3.C16H21N5O3.C10H6ClF2IN2/c1-4-22(37)34-11-15(8-16(34)12-39-3)36-25(31-2)23(24(30)38)18(33-36)6-5-14-7-20-19(9-17(14)27)32-13-35(20)21-10-26(21,28)29;1-5-12-14(15(17)23)16(18-3)21(19-12)10-7-11(9-24-4)20(8-10)13(22)6-2;11-5-1-7-8(2-6(5)14)16(4-15-7)9-3-10(9,12)13/h4,7,9,13,15-16,21,31H,1,8,10-12H2,2-3H3,(H2,30,38);1,6,10-11,18H,2,7-9H2,3-4H3,(H2,17,23);1-2,4,9H,3H2/t15-,16+,21+;10-,11+;9-/m001/s1. The van der Waals surface area contributed by atoms with Crippen LogP contribution in [0.15, 0.2) is 62.2 Å². The molecule has 4 aliphatic rings. The van der Waals surface area contributed by atoms with Crippen molar-refractivity contribution >= 4 is 103 Å². The van der Waals surface area contributed by atoms with Crippen molar-refractivity contribution in [3.8, 4) is 24.2 Å². The van der Waals surface area contributed by atoms with Crippen molar-refractivity contribution in [1.29, 1.82) is 0 Å². The summed E-state index contributed by atoms with van der Waals surface area (Å²) in [5.74, 6) is 1.82. The van der Waals surface area contributed by atoms with E-state index >= 15 is 0 Å². The van der Waals surface area contributed by atoms with E-state index in [2.05, 4.69) is 84.3 Å². The van der Waals surface area contributed by atoms with E-state index in [9.17, 15) is 36.7 Å². The minimum Gasteiger partial charge on any atom is -0.383 e. The number of nitrogens with zero attached hydrogens (tertiary/aromatic N) is 10. The third kappa shape index (κ3) is 11.6. The summed E-state index contributed by atoms with van der Waals surface area (Å²) in [6.45, 7) is 8.56. The average Bonchev–Trinajstić information content (AvgIpc) is 4.07. The monoisotopic (exact) mass is 1240 g/mol. The maximum atomic E-state index is 13.7. The fraction of sp³-hybridized carbons (Fsp3) is 0.385. The van der Waals surface area contributed by atoms with Crippen LogP contribution in [-0.2, 0) is 19.1 Å². The summed E-state index contributed by atoms with van der Waals surface area (Å²) in [4.78, 5) is 60.3. The molecule has 27 heteroatoms. The zero-order valence-electron chi connectivity index (χ0n) is 43.0. The van der Waals surface area contributed by atoms with Crippen molar-refractivity contribution < 1.29 is 46.2 Å². The average molecular weight is 1240 g/mol. The predicted octanol–water partition coefficient (Wildman–Crippen LogP) is 6.83. The van der Waals surface area contributed by atoms with Crippen molar-refractivity contribution in [1.82, 2.24) is 48.5 Å². The molecule has 79 heavy (non-hydrogen) atoms. The number of nitrogens with one attached hydrogen (secondary N) is 2. The van der Waals surface area contributed by atoms with Crippen LogP contribution in [0.4, 0.5) is 29.2 Å². The molecule has 0 spiro atoms. The number of imidazole rings is 2. The number of primary amides is 2. The number of rotatable bonds is 14. The molecule has 2 aliphatic heterocycles. The highest BCUT2D eigenvalue weighted by molar-refractivity contribution is 14.1. The highest BCUT2D eigenvalue weighted by Crippen LogP contribution is 2.54. The lowest BCUT2D eigenvalue weighted by Gasteiger charge is -2.22. The number of carbonyl (C=O) groups excluding carboxylic acids is 4. The summed E-state index contributed by atoms with van der Waals surface area (Å²) in [5, 5.41) is 15.7. The van der Waals surface area contributed by atoms with Crippen molar-refractivity contribution in [3.05, 3.63) is 104 Å². The number of terminal acetylenes is 1. The van der Waals surface area contributed by atoms with Crippen molar-refractivity contribution in [2.24, 2.45) is 11.5 Å². The number of methoxy groups -OCH3 is 2. The number of anilines is 2. The molecule has 2 saturated carbocycles. The van der Waals surface area contributed by atoms with Gasteiger partial charge in [-0.1, -0.05) is 42.3 Å². The Hall–Kier alpha value is -7.17. The van der Waals surface area contributed by atoms with E-state index in [4.69, 9.17) is 50.6 Å². The Bertz CT molecular complexity index is 3530. The van der Waals surface area contributed by atoms with E-state index in [0.29, 0.717) is 77.9 Å². The summed E-state index contributed by atoms with van der Waals surface area (Å²) in [5.41, 5.74) is 14.4. The number of alkyl halides is 4. The molecule has 4 aromatic heterocycles. The van der Waals surface area contributed by atoms with E-state index in [1.165, 1.54) is 33.9 Å². The molecule has 0 bridgehead atoms. The van der Waals surface area contributed by atoms with Crippen LogP contribution < -0.4 is 22.1 Å². The molecule has 4 amide bonds. The summed E-state index contributed by atoms with van der Waals surface area (Å²) in [6.07, 6.45) is 11.6. The maximum absolute atomic E-state index is 13.7. The fourth-order valence-corrected chi connectivity index (χ4v) is 10.8. The number of benzene rings is 2. The van der Waals surface area contributed by atoms with Gasteiger partial charge in [-0.05, 0) is 83.7 Å². The zero-order valence-corrected chi connectivity index (χ0v) is 46.6. The van der Waals surface area contributed by atoms with Gasteiger partial charge in [0.05, 0.1) is 82.1 Å². The largest absolute Gasteiger partial charge is 0.383 e. The van der Waals surface area contributed by atoms with Crippen LogP contribution >= 0.6 is 45.8 Å². The lowest BCUT2D eigenvalue weighted by molar-refractivity contribution is -0.128. The van der Waals surface area contributed by atoms with Gasteiger partial charge in [0.2, 0.25) is 11.8 Å². The molecule has 20 nitrogen and oxygen atoms in total. The van der Waals surface area contributed by atoms with Crippen molar-refractivity contribution in [2.75, 3.05) is 65.3 Å². The van der Waals surface area contributed by atoms with E-state index in [1.54, 1.807) is 71.7 Å². The summed E-state index contributed by atoms with van der Waals surface area (Å²) in [6, 6.07) is 4.19. The number of nitrogens with two attached hydrogens (primary N) is 2. The molecule has 6 heterocycles. The van der Waals surface area contributed by atoms with Crippen LogP contribution in [0, 0.1) is 27.8 Å². The summed E-state index contributed by atoms with van der Waals surface area (Å²) >= 11 is 14.4. The van der Waals surface area contributed by atoms with Gasteiger partial charge >= 0.3 is 0 Å². The molecular weight excluding hydrogens is 1190 g/mol. The second-order valence-corrected chi connectivity index (χ2v) is 20.9. The number of likely N-dealkylation sites (tertiary alicyclic amines) is 2. The zero-order chi connectivity index (χ0) is 57.4. The molecule has 2 aromatic carbocycles. The summed E-state index contributed by atoms with van der Waals surface area (Å²) in [7, 11) is 6.43. The first-order valence-corrected chi connectivity index (χ1v) is 26.2. The Kier molecular flexibility index (Phi) is 17.1. The van der Waals surface area contributed by atoms with Gasteiger partial charge in [0.25, 0.3) is 23.7 Å². The third-order valence-electron chi connectivity index (χ3n) is 13.9. The number of hydrogen-bond acceptors (Lipinski definition) is 12. The van der Waals surface area contributed by atoms with Crippen LogP contribution in [0.25, 0.3) is 22.1 Å². The second-order valence-electron chi connectivity index (χ2n) is 18.9. The topological polar surface area (TPSA) is 241 Å². The highest BCUT2D eigenvalue weighted by atomic mass is 127. The number of hydrogen-bond donors (Lipinski definition) is 4. The lowest BCUT2D eigenvalue weighted by atomic mass is 10.1. The first-order chi connectivity index (χ1) is 37.6. The number of ether oxygens (including phenoxy) is 2. The molecule has 2 aliphatic carbocycles. The Labute approximate surface area is 473 Å². The van der Waals surface area contributed by atoms with Gasteiger partial charge in [0.15, 0.2) is 5.69 Å². The molecule has 6 atom stereocenters. The van der Waals surface area contributed by atoms with Gasteiger partial charge in [-0.15, -0.1) is 6.42 Å². The Morgan fingerprint density at radius 3 is 1.59 bits per heavy atom. The summed E-state index contributed by atoms with van der Waals surface area (Å²) < 4.78 is 71.0. The van der Waals surface area contributed by atoms with Gasteiger partial charge in [-0.3, -0.25) is 19.2 Å². The number of fused-ring (bicyclic) bond motifs is 2. The quantitative estimate of drug-likeness (QED) is 0.0380. The normalized spacial score (nSPS) is 21.2. The molecular formula is C52H53Cl2F4IN14O6. The molecule has 10 rings (SSSR count). The minimum atomic E-state index is -2.78. The maximum Gasteiger partial charge on any atom is 0.270 e. The van der Waals surface area contributed by atoms with Crippen LogP contribution in [0.3, 0.4) is 0 Å². The van der Waals surface area contributed by atoms with Gasteiger partial charge in [-0.2, -0.15) is 10.2 Å². The smallest absolute Gasteiger partial charge is 0.270 e. The van der Waals surface area contributed by atoms with Gasteiger partial charge in [-0.25, -0.2) is 36.9 Å². The van der Waals surface area contributed by atoms with Gasteiger partial charge < -0.3 is 50.5 Å². The van der Waals surface area contributed by atoms with E-state index < -0.39 is 35.7 Å². The first kappa shape index (κ1) is 58.0. The molecule has 4 fully saturated rings. The minimum absolute atomic E-state index is 0.0849. The molecule has 416 valence electrons. The molecule has 2 saturated heterocycles. The SMILES string of the molecule is C#Cc1nn([C@H]2C[C@H](COC)N(C(=O)C=C)C2)c(NC)c1C(N)=O.C=CC(=O)N1C[C@@H](n2nc(C#Cc3cc4c(cc3Cl)ncn4[C@@H]3CC3(F)F)c(C(N)=O)c2NC)C[C@@H]1COC.FC1(F)C[C@H]1n1cnc2cc(Cl)c(I)cc21. The number of halogens is 7. The van der Waals surface area contributed by atoms with Crippen LogP contribution in [0.2, 0.25) is 10.0 Å². The van der Waals surface area contributed by atoms with Crippen LogP contribution in [-0.4, -0.2) is 151 Å². The molecule has 6 N–H and O–H groups in total. The fourth-order valence-electron chi connectivity index (χ4n) is 9.94. The van der Waals surface area contributed by atoms with Gasteiger partial charge in [0, 0.05) is 63.4 Å². The number of aromatic nitrogens is 8. The molecule has 0 radical (unpaired) electrons. The number of amides is 4. The van der Waals surface area contributed by atoms with E-state index in [-0.39, 0.29) is 76.4 Å².